The maximum atomic E-state index is 11.7. The van der Waals surface area contributed by atoms with Crippen molar-refractivity contribution < 1.29 is 19.0 Å². The summed E-state index contributed by atoms with van der Waals surface area (Å²) in [6.07, 6.45) is 4.17. The van der Waals surface area contributed by atoms with Gasteiger partial charge >= 0.3 is 0 Å². The van der Waals surface area contributed by atoms with Crippen molar-refractivity contribution in [3.63, 3.8) is 0 Å². The molecule has 1 aromatic rings. The van der Waals surface area contributed by atoms with Crippen LogP contribution in [0.3, 0.4) is 0 Å². The van der Waals surface area contributed by atoms with E-state index in [1.54, 1.807) is 4.90 Å². The topological polar surface area (TPSA) is 48.0 Å². The standard InChI is InChI=1S/C13H11NO4/c15-12-1-2-13-14(12)7-8-5-10-11(6-9(8)18-13)17-4-3-16-10/h3-6,13H,1-2,7H2. The molecule has 0 bridgehead atoms. The maximum absolute atomic E-state index is 11.7. The fourth-order valence-electron chi connectivity index (χ4n) is 2.55. The van der Waals surface area contributed by atoms with Gasteiger partial charge in [-0.1, -0.05) is 0 Å². The number of benzene rings is 1. The Labute approximate surface area is 104 Å². The first-order chi connectivity index (χ1) is 8.81. The third kappa shape index (κ3) is 1.30. The summed E-state index contributed by atoms with van der Waals surface area (Å²) in [5.41, 5.74) is 0.958. The molecule has 3 aliphatic rings. The molecule has 1 aromatic carbocycles. The first-order valence-corrected chi connectivity index (χ1v) is 5.93. The lowest BCUT2D eigenvalue weighted by Gasteiger charge is -2.32. The average Bonchev–Trinajstić information content (AvgIpc) is 2.75. The van der Waals surface area contributed by atoms with Gasteiger partial charge in [0.25, 0.3) is 0 Å². The Kier molecular flexibility index (Phi) is 1.86. The van der Waals surface area contributed by atoms with Gasteiger partial charge in [-0.3, -0.25) is 4.79 Å². The minimum atomic E-state index is -0.122. The lowest BCUT2D eigenvalue weighted by atomic mass is 10.1. The summed E-state index contributed by atoms with van der Waals surface area (Å²) in [6, 6.07) is 3.70. The van der Waals surface area contributed by atoms with E-state index in [1.807, 2.05) is 12.1 Å². The zero-order valence-corrected chi connectivity index (χ0v) is 9.59. The Morgan fingerprint density at radius 1 is 1.11 bits per heavy atom. The Bertz CT molecular complexity index is 566. The van der Waals surface area contributed by atoms with Crippen LogP contribution in [0.5, 0.6) is 17.2 Å². The number of hydrogen-bond acceptors (Lipinski definition) is 4. The number of carbonyl (C=O) groups is 1. The van der Waals surface area contributed by atoms with Crippen molar-refractivity contribution in [2.45, 2.75) is 25.6 Å². The van der Waals surface area contributed by atoms with E-state index in [4.69, 9.17) is 14.2 Å². The number of nitrogens with zero attached hydrogens (tertiary/aromatic N) is 1. The highest BCUT2D eigenvalue weighted by molar-refractivity contribution is 5.79. The normalized spacial score (nSPS) is 23.4. The first kappa shape index (κ1) is 9.82. The van der Waals surface area contributed by atoms with Gasteiger partial charge in [0.15, 0.2) is 17.7 Å². The summed E-state index contributed by atoms with van der Waals surface area (Å²) in [7, 11) is 0. The highest BCUT2D eigenvalue weighted by Crippen LogP contribution is 2.41. The van der Waals surface area contributed by atoms with E-state index in [-0.39, 0.29) is 12.1 Å². The average molecular weight is 245 g/mol. The van der Waals surface area contributed by atoms with Crippen LogP contribution >= 0.6 is 0 Å². The van der Waals surface area contributed by atoms with E-state index >= 15 is 0 Å². The Morgan fingerprint density at radius 3 is 2.72 bits per heavy atom. The van der Waals surface area contributed by atoms with Crippen LogP contribution in [-0.4, -0.2) is 17.0 Å². The molecule has 1 amide bonds. The van der Waals surface area contributed by atoms with Gasteiger partial charge in [0, 0.05) is 24.5 Å². The van der Waals surface area contributed by atoms with E-state index in [0.717, 1.165) is 17.7 Å². The summed E-state index contributed by atoms with van der Waals surface area (Å²) in [5.74, 6) is 2.24. The van der Waals surface area contributed by atoms with Gasteiger partial charge < -0.3 is 19.1 Å². The van der Waals surface area contributed by atoms with Crippen molar-refractivity contribution in [2.75, 3.05) is 0 Å². The maximum Gasteiger partial charge on any atom is 0.225 e. The fourth-order valence-corrected chi connectivity index (χ4v) is 2.55. The summed E-state index contributed by atoms with van der Waals surface area (Å²) in [4.78, 5) is 13.5. The van der Waals surface area contributed by atoms with Crippen LogP contribution in [0.15, 0.2) is 24.7 Å². The Morgan fingerprint density at radius 2 is 1.89 bits per heavy atom. The van der Waals surface area contributed by atoms with Gasteiger partial charge in [-0.05, 0) is 6.07 Å². The molecule has 18 heavy (non-hydrogen) atoms. The Balaban J connectivity index is 1.75. The molecule has 92 valence electrons. The molecule has 0 aliphatic carbocycles. The van der Waals surface area contributed by atoms with Gasteiger partial charge in [-0.15, -0.1) is 0 Å². The van der Waals surface area contributed by atoms with Gasteiger partial charge in [-0.2, -0.15) is 0 Å². The van der Waals surface area contributed by atoms with E-state index in [9.17, 15) is 4.79 Å². The van der Waals surface area contributed by atoms with Crippen molar-refractivity contribution in [2.24, 2.45) is 0 Å². The van der Waals surface area contributed by atoms with Crippen LogP contribution in [0, 0.1) is 0 Å². The summed E-state index contributed by atoms with van der Waals surface area (Å²) >= 11 is 0. The first-order valence-electron chi connectivity index (χ1n) is 5.93. The van der Waals surface area contributed by atoms with Crippen LogP contribution in [0.1, 0.15) is 18.4 Å². The fraction of sp³-hybridized carbons (Fsp3) is 0.308. The predicted molar refractivity (Wildman–Crippen MR) is 61.0 cm³/mol. The zero-order valence-electron chi connectivity index (χ0n) is 9.59. The van der Waals surface area contributed by atoms with Crippen LogP contribution in [0.2, 0.25) is 0 Å². The monoisotopic (exact) mass is 245 g/mol. The van der Waals surface area contributed by atoms with Crippen molar-refractivity contribution in [1.82, 2.24) is 4.90 Å². The minimum Gasteiger partial charge on any atom is -0.470 e. The molecule has 5 heteroatoms. The number of carbonyl (C=O) groups excluding carboxylic acids is 1. The minimum absolute atomic E-state index is 0.122. The SMILES string of the molecule is O=C1CCC2Oc3cc4c(cc3CN12)OC=CO4. The number of ether oxygens (including phenoxy) is 3. The molecule has 3 heterocycles. The highest BCUT2D eigenvalue weighted by atomic mass is 16.5. The van der Waals surface area contributed by atoms with E-state index in [0.29, 0.717) is 24.5 Å². The van der Waals surface area contributed by atoms with Gasteiger partial charge in [-0.25, -0.2) is 0 Å². The molecule has 1 fully saturated rings. The summed E-state index contributed by atoms with van der Waals surface area (Å²) in [5, 5.41) is 0. The molecule has 0 spiro atoms. The van der Waals surface area contributed by atoms with Crippen LogP contribution in [0.25, 0.3) is 0 Å². The van der Waals surface area contributed by atoms with Gasteiger partial charge in [0.2, 0.25) is 5.91 Å². The van der Waals surface area contributed by atoms with E-state index < -0.39 is 0 Å². The third-order valence-corrected chi connectivity index (χ3v) is 3.45. The quantitative estimate of drug-likeness (QED) is 0.699. The van der Waals surface area contributed by atoms with Crippen molar-refractivity contribution in [3.8, 4) is 17.2 Å². The van der Waals surface area contributed by atoms with E-state index in [1.165, 1.54) is 12.5 Å². The number of fused-ring (bicyclic) bond motifs is 3. The molecule has 0 aromatic heterocycles. The molecular formula is C13H11NO4. The smallest absolute Gasteiger partial charge is 0.225 e. The van der Waals surface area contributed by atoms with E-state index in [2.05, 4.69) is 0 Å². The van der Waals surface area contributed by atoms with Gasteiger partial charge in [0.1, 0.15) is 18.3 Å². The molecule has 1 atom stereocenters. The second-order valence-corrected chi connectivity index (χ2v) is 4.55. The lowest BCUT2D eigenvalue weighted by Crippen LogP contribution is -2.39. The molecule has 1 unspecified atom stereocenters. The third-order valence-electron chi connectivity index (χ3n) is 3.45. The molecule has 3 aliphatic heterocycles. The number of rotatable bonds is 0. The lowest BCUT2D eigenvalue weighted by molar-refractivity contribution is -0.134. The second-order valence-electron chi connectivity index (χ2n) is 4.55. The largest absolute Gasteiger partial charge is 0.470 e. The zero-order chi connectivity index (χ0) is 12.1. The van der Waals surface area contributed by atoms with Crippen LogP contribution < -0.4 is 14.2 Å². The summed E-state index contributed by atoms with van der Waals surface area (Å²) < 4.78 is 16.6. The van der Waals surface area contributed by atoms with Crippen LogP contribution in [0.4, 0.5) is 0 Å². The molecule has 4 rings (SSSR count). The molecular weight excluding hydrogens is 234 g/mol. The molecule has 0 saturated carbocycles. The highest BCUT2D eigenvalue weighted by Gasteiger charge is 2.37. The van der Waals surface area contributed by atoms with Crippen molar-refractivity contribution >= 4 is 5.91 Å². The van der Waals surface area contributed by atoms with Crippen LogP contribution in [-0.2, 0) is 11.3 Å². The summed E-state index contributed by atoms with van der Waals surface area (Å²) in [6.45, 7) is 0.583. The molecule has 0 radical (unpaired) electrons. The number of hydrogen-bond donors (Lipinski definition) is 0. The van der Waals surface area contributed by atoms with Gasteiger partial charge in [0.05, 0.1) is 6.54 Å². The molecule has 5 nitrogen and oxygen atoms in total. The Hall–Kier alpha value is -2.17. The second kappa shape index (κ2) is 3.41. The van der Waals surface area contributed by atoms with Crippen molar-refractivity contribution in [1.29, 1.82) is 0 Å². The molecule has 0 N–H and O–H groups in total. The van der Waals surface area contributed by atoms with Crippen molar-refractivity contribution in [3.05, 3.63) is 30.2 Å². The number of amides is 1. The predicted octanol–water partition coefficient (Wildman–Crippen LogP) is 1.77. The molecule has 1 saturated heterocycles.